The van der Waals surface area contributed by atoms with Crippen LogP contribution in [0.1, 0.15) is 44.5 Å². The minimum atomic E-state index is -0.426. The molecule has 2 heteroatoms. The number of anilines is 3. The molecular formula is C74H46N2. The predicted molar refractivity (Wildman–Crippen MR) is 313 cm³/mol. The summed E-state index contributed by atoms with van der Waals surface area (Å²) in [5.41, 5.74) is 29.7. The van der Waals surface area contributed by atoms with Gasteiger partial charge < -0.3 is 9.47 Å². The highest BCUT2D eigenvalue weighted by atomic mass is 15.1. The maximum Gasteiger partial charge on any atom is 0.0726 e. The van der Waals surface area contributed by atoms with Crippen LogP contribution in [0.4, 0.5) is 17.1 Å². The number of para-hydroxylation sites is 2. The average molecular weight is 963 g/mol. The van der Waals surface area contributed by atoms with E-state index in [4.69, 9.17) is 0 Å². The molecule has 4 aliphatic rings. The molecule has 0 saturated heterocycles. The Hall–Kier alpha value is -9.76. The lowest BCUT2D eigenvalue weighted by molar-refractivity contribution is 0.793. The van der Waals surface area contributed by atoms with Crippen molar-refractivity contribution in [3.8, 4) is 61.3 Å². The number of hydrogen-bond donors (Lipinski definition) is 0. The topological polar surface area (TPSA) is 8.17 Å². The molecule has 13 aromatic rings. The minimum absolute atomic E-state index is 0.410. The summed E-state index contributed by atoms with van der Waals surface area (Å²) in [5.74, 6) is 0. The molecule has 0 radical (unpaired) electrons. The van der Waals surface area contributed by atoms with Gasteiger partial charge in [0.25, 0.3) is 0 Å². The van der Waals surface area contributed by atoms with Crippen LogP contribution >= 0.6 is 0 Å². The van der Waals surface area contributed by atoms with Gasteiger partial charge in [-0.25, -0.2) is 0 Å². The Kier molecular flexibility index (Phi) is 8.44. The molecule has 2 spiro atoms. The van der Waals surface area contributed by atoms with Crippen LogP contribution in [-0.4, -0.2) is 4.57 Å². The van der Waals surface area contributed by atoms with Crippen LogP contribution in [0.5, 0.6) is 0 Å². The van der Waals surface area contributed by atoms with Crippen LogP contribution in [0.2, 0.25) is 0 Å². The monoisotopic (exact) mass is 962 g/mol. The van der Waals surface area contributed by atoms with Gasteiger partial charge in [-0.1, -0.05) is 218 Å². The second-order valence-corrected chi connectivity index (χ2v) is 21.0. The molecule has 4 aliphatic carbocycles. The van der Waals surface area contributed by atoms with E-state index in [9.17, 15) is 0 Å². The summed E-state index contributed by atoms with van der Waals surface area (Å²) < 4.78 is 2.53. The second-order valence-electron chi connectivity index (χ2n) is 21.0. The molecule has 0 fully saturated rings. The van der Waals surface area contributed by atoms with Crippen LogP contribution in [-0.2, 0) is 10.8 Å². The maximum atomic E-state index is 2.53. The lowest BCUT2D eigenvalue weighted by Gasteiger charge is -2.32. The van der Waals surface area contributed by atoms with Crippen LogP contribution in [0.25, 0.3) is 83.1 Å². The van der Waals surface area contributed by atoms with Crippen LogP contribution < -0.4 is 4.90 Å². The molecular weight excluding hydrogens is 917 g/mol. The first-order valence-electron chi connectivity index (χ1n) is 26.6. The number of benzene rings is 12. The van der Waals surface area contributed by atoms with Gasteiger partial charge in [-0.15, -0.1) is 0 Å². The van der Waals surface area contributed by atoms with E-state index in [1.165, 1.54) is 128 Å². The summed E-state index contributed by atoms with van der Waals surface area (Å²) in [4.78, 5) is 2.42. The van der Waals surface area contributed by atoms with Crippen molar-refractivity contribution in [1.82, 2.24) is 4.57 Å². The molecule has 2 nitrogen and oxygen atoms in total. The SMILES string of the molecule is c1ccc(N(c2ccc(-c3ccc4c(c3)c3ccccc3n4-c3cccc4c3-c3ccccc3C43c4ccccc4-c4ccccc43)cc2)c2ccc3c(c2)C2(c4ccccc4-c4ccccc42)c2ccccc2-3)cc1. The van der Waals surface area contributed by atoms with Gasteiger partial charge in [-0.3, -0.25) is 0 Å². The molecule has 0 bridgehead atoms. The van der Waals surface area contributed by atoms with Gasteiger partial charge in [0.2, 0.25) is 0 Å². The highest BCUT2D eigenvalue weighted by Gasteiger charge is 2.53. The third-order valence-corrected chi connectivity index (χ3v) is 17.6. The molecule has 0 unspecified atom stereocenters. The number of rotatable bonds is 5. The fourth-order valence-electron chi connectivity index (χ4n) is 14.8. The number of aromatic nitrogens is 1. The van der Waals surface area contributed by atoms with Gasteiger partial charge in [0, 0.05) is 33.4 Å². The van der Waals surface area contributed by atoms with E-state index in [2.05, 4.69) is 289 Å². The van der Waals surface area contributed by atoms with Crippen molar-refractivity contribution in [2.45, 2.75) is 10.8 Å². The van der Waals surface area contributed by atoms with Crippen LogP contribution in [0, 0.1) is 0 Å². The Balaban J connectivity index is 0.799. The summed E-state index contributed by atoms with van der Waals surface area (Å²) in [6.07, 6.45) is 0. The van der Waals surface area contributed by atoms with Crippen molar-refractivity contribution < 1.29 is 0 Å². The summed E-state index contributed by atoms with van der Waals surface area (Å²) in [6, 6.07) is 105. The zero-order valence-electron chi connectivity index (χ0n) is 41.5. The molecule has 0 saturated carbocycles. The van der Waals surface area contributed by atoms with Crippen molar-refractivity contribution in [1.29, 1.82) is 0 Å². The quantitative estimate of drug-likeness (QED) is 0.167. The highest BCUT2D eigenvalue weighted by Crippen LogP contribution is 2.65. The number of hydrogen-bond acceptors (Lipinski definition) is 1. The molecule has 17 rings (SSSR count). The van der Waals surface area contributed by atoms with Gasteiger partial charge in [0.15, 0.2) is 0 Å². The molecule has 1 aromatic heterocycles. The van der Waals surface area contributed by atoms with Crippen molar-refractivity contribution >= 4 is 38.9 Å². The fourth-order valence-corrected chi connectivity index (χ4v) is 14.8. The first-order valence-corrected chi connectivity index (χ1v) is 26.6. The third-order valence-electron chi connectivity index (χ3n) is 17.6. The normalized spacial score (nSPS) is 14.0. The smallest absolute Gasteiger partial charge is 0.0726 e. The van der Waals surface area contributed by atoms with Crippen LogP contribution in [0.15, 0.2) is 279 Å². The average Bonchev–Trinajstić information content (AvgIpc) is 4.44. The standard InChI is InChI=1S/C74H46N2/c1-2-19-49(20-3-1)75(51-42-43-57-56-25-8-15-32-65(56)74(68(57)46-51)63-30-13-6-23-54(63)55-24-7-14-31-64(55)74)50-40-37-47(38-41-50)48-39-44-70-60(45-48)58-26-10-17-35-69(58)76(70)71-36-18-34-67-72(71)59-27-9-16-33-66(59)73(67)61-28-11-4-21-52(61)53-22-5-12-29-62(53)73/h1-46H. The molecule has 0 N–H and O–H groups in total. The summed E-state index contributed by atoms with van der Waals surface area (Å²) in [6.45, 7) is 0. The van der Waals surface area contributed by atoms with Gasteiger partial charge in [0.1, 0.15) is 0 Å². The van der Waals surface area contributed by atoms with E-state index in [1.807, 2.05) is 0 Å². The summed E-state index contributed by atoms with van der Waals surface area (Å²) in [5, 5.41) is 2.48. The van der Waals surface area contributed by atoms with Gasteiger partial charge in [0.05, 0.1) is 27.6 Å². The first kappa shape index (κ1) is 41.7. The Morgan fingerprint density at radius 1 is 0.250 bits per heavy atom. The molecule has 76 heavy (non-hydrogen) atoms. The zero-order valence-corrected chi connectivity index (χ0v) is 41.5. The number of nitrogens with zero attached hydrogens (tertiary/aromatic N) is 2. The van der Waals surface area contributed by atoms with E-state index in [-0.39, 0.29) is 0 Å². The summed E-state index contributed by atoms with van der Waals surface area (Å²) in [7, 11) is 0. The van der Waals surface area contributed by atoms with E-state index >= 15 is 0 Å². The fraction of sp³-hybridized carbons (Fsp3) is 0.0270. The summed E-state index contributed by atoms with van der Waals surface area (Å²) >= 11 is 0. The zero-order chi connectivity index (χ0) is 49.7. The van der Waals surface area contributed by atoms with Gasteiger partial charge in [-0.2, -0.15) is 0 Å². The van der Waals surface area contributed by atoms with Gasteiger partial charge in [-0.05, 0) is 155 Å². The first-order chi connectivity index (χ1) is 37.7. The number of fused-ring (bicyclic) bond motifs is 23. The third kappa shape index (κ3) is 5.25. The second kappa shape index (κ2) is 15.4. The molecule has 0 amide bonds. The molecule has 352 valence electrons. The Bertz CT molecular complexity index is 4480. The molecule has 0 atom stereocenters. The molecule has 1 heterocycles. The van der Waals surface area contributed by atoms with E-state index < -0.39 is 10.8 Å². The van der Waals surface area contributed by atoms with Crippen LogP contribution in [0.3, 0.4) is 0 Å². The minimum Gasteiger partial charge on any atom is -0.310 e. The van der Waals surface area contributed by atoms with Crippen molar-refractivity contribution in [2.24, 2.45) is 0 Å². The van der Waals surface area contributed by atoms with Crippen molar-refractivity contribution in [2.75, 3.05) is 4.90 Å². The lowest BCUT2D eigenvalue weighted by atomic mass is 9.70. The van der Waals surface area contributed by atoms with E-state index in [0.717, 1.165) is 17.1 Å². The Morgan fingerprint density at radius 2 is 0.671 bits per heavy atom. The van der Waals surface area contributed by atoms with Gasteiger partial charge >= 0.3 is 0 Å². The van der Waals surface area contributed by atoms with E-state index in [1.54, 1.807) is 0 Å². The molecule has 0 aliphatic heterocycles. The Labute approximate surface area is 441 Å². The van der Waals surface area contributed by atoms with E-state index in [0.29, 0.717) is 0 Å². The maximum absolute atomic E-state index is 2.53. The highest BCUT2D eigenvalue weighted by molar-refractivity contribution is 6.12. The largest absolute Gasteiger partial charge is 0.310 e. The molecule has 12 aromatic carbocycles. The van der Waals surface area contributed by atoms with Crippen molar-refractivity contribution in [3.63, 3.8) is 0 Å². The predicted octanol–water partition coefficient (Wildman–Crippen LogP) is 18.6. The van der Waals surface area contributed by atoms with Crippen molar-refractivity contribution in [3.05, 3.63) is 324 Å². The lowest BCUT2D eigenvalue weighted by Crippen LogP contribution is -2.26. The Morgan fingerprint density at radius 3 is 1.26 bits per heavy atom.